The fraction of sp³-hybridized carbons (Fsp3) is 0.111. The van der Waals surface area contributed by atoms with Crippen LogP contribution in [0.1, 0.15) is 11.4 Å². The van der Waals surface area contributed by atoms with Gasteiger partial charge in [-0.2, -0.15) is 5.26 Å². The van der Waals surface area contributed by atoms with Crippen LogP contribution < -0.4 is 10.3 Å². The first-order valence-electron chi connectivity index (χ1n) is 7.52. The van der Waals surface area contributed by atoms with E-state index in [2.05, 4.69) is 9.97 Å². The van der Waals surface area contributed by atoms with E-state index in [0.29, 0.717) is 27.2 Å². The molecule has 0 saturated carbocycles. The summed E-state index contributed by atoms with van der Waals surface area (Å²) in [6.45, 7) is -0.511. The molecule has 1 N–H and O–H groups in total. The van der Waals surface area contributed by atoms with Crippen molar-refractivity contribution in [1.82, 2.24) is 9.97 Å². The summed E-state index contributed by atoms with van der Waals surface area (Å²) in [5, 5.41) is 9.57. The highest BCUT2D eigenvalue weighted by molar-refractivity contribution is 6.31. The molecular formula is C18H12ClN3O4. The number of hydrogen-bond acceptors (Lipinski definition) is 6. The summed E-state index contributed by atoms with van der Waals surface area (Å²) >= 11 is 5.90. The molecule has 2 aromatic carbocycles. The van der Waals surface area contributed by atoms with Crippen molar-refractivity contribution in [2.24, 2.45) is 0 Å². The number of hydrogen-bond donors (Lipinski definition) is 1. The van der Waals surface area contributed by atoms with Crippen molar-refractivity contribution in [2.75, 3.05) is 6.61 Å². The van der Waals surface area contributed by atoms with Crippen LogP contribution in [0.25, 0.3) is 10.9 Å². The monoisotopic (exact) mass is 369 g/mol. The normalized spacial score (nSPS) is 10.3. The zero-order valence-corrected chi connectivity index (χ0v) is 14.1. The molecule has 0 fully saturated rings. The van der Waals surface area contributed by atoms with Crippen LogP contribution >= 0.6 is 11.6 Å². The van der Waals surface area contributed by atoms with Gasteiger partial charge in [0.25, 0.3) is 5.56 Å². The van der Waals surface area contributed by atoms with E-state index in [9.17, 15) is 9.59 Å². The average molecular weight is 370 g/mol. The highest BCUT2D eigenvalue weighted by Crippen LogP contribution is 2.15. The molecule has 0 spiro atoms. The van der Waals surface area contributed by atoms with E-state index in [-0.39, 0.29) is 24.6 Å². The molecule has 1 heterocycles. The number of H-pyrrole nitrogens is 1. The van der Waals surface area contributed by atoms with Gasteiger partial charge < -0.3 is 14.5 Å². The molecule has 0 radical (unpaired) electrons. The fourth-order valence-electron chi connectivity index (χ4n) is 2.19. The number of nitrogens with zero attached hydrogens (tertiary/aromatic N) is 2. The Labute approximate surface area is 152 Å². The molecule has 0 aliphatic heterocycles. The van der Waals surface area contributed by atoms with E-state index >= 15 is 0 Å². The third kappa shape index (κ3) is 4.18. The van der Waals surface area contributed by atoms with Gasteiger partial charge in [0, 0.05) is 5.02 Å². The second-order valence-electron chi connectivity index (χ2n) is 5.26. The Bertz CT molecular complexity index is 1050. The number of aromatic nitrogens is 2. The molecular weight excluding hydrogens is 358 g/mol. The van der Waals surface area contributed by atoms with Crippen LogP contribution in [0.15, 0.2) is 47.3 Å². The minimum Gasteiger partial charge on any atom is -0.482 e. The first-order valence-corrected chi connectivity index (χ1v) is 7.90. The number of esters is 1. The van der Waals surface area contributed by atoms with Crippen LogP contribution in [0.3, 0.4) is 0 Å². The molecule has 0 aliphatic rings. The first kappa shape index (κ1) is 17.5. The number of carbonyl (C=O) groups is 1. The number of ether oxygens (including phenoxy) is 2. The summed E-state index contributed by atoms with van der Waals surface area (Å²) in [5.41, 5.74) is 0.569. The molecule has 0 atom stereocenters. The largest absolute Gasteiger partial charge is 0.482 e. The van der Waals surface area contributed by atoms with E-state index in [1.807, 2.05) is 6.07 Å². The Hall–Kier alpha value is -3.37. The van der Waals surface area contributed by atoms with Crippen molar-refractivity contribution < 1.29 is 14.3 Å². The van der Waals surface area contributed by atoms with Crippen LogP contribution in [0.5, 0.6) is 5.75 Å². The third-order valence-electron chi connectivity index (χ3n) is 3.43. The smallest absolute Gasteiger partial charge is 0.344 e. The van der Waals surface area contributed by atoms with Crippen molar-refractivity contribution in [3.05, 3.63) is 69.2 Å². The number of halogens is 1. The summed E-state index contributed by atoms with van der Waals surface area (Å²) in [7, 11) is 0. The quantitative estimate of drug-likeness (QED) is 0.693. The van der Waals surface area contributed by atoms with E-state index in [4.69, 9.17) is 26.3 Å². The molecule has 0 aliphatic carbocycles. The maximum Gasteiger partial charge on any atom is 0.344 e. The van der Waals surface area contributed by atoms with Crippen LogP contribution in [0, 0.1) is 11.3 Å². The summed E-state index contributed by atoms with van der Waals surface area (Å²) in [5.74, 6) is 0.0209. The van der Waals surface area contributed by atoms with E-state index < -0.39 is 5.97 Å². The Balaban J connectivity index is 1.59. The van der Waals surface area contributed by atoms with Crippen LogP contribution in [-0.2, 0) is 16.1 Å². The van der Waals surface area contributed by atoms with Gasteiger partial charge in [-0.05, 0) is 42.5 Å². The number of carbonyl (C=O) groups excluding carboxylic acids is 1. The molecule has 3 rings (SSSR count). The lowest BCUT2D eigenvalue weighted by Gasteiger charge is -2.07. The summed E-state index contributed by atoms with van der Waals surface area (Å²) < 4.78 is 10.3. The maximum atomic E-state index is 12.0. The Morgan fingerprint density at radius 3 is 2.73 bits per heavy atom. The van der Waals surface area contributed by atoms with E-state index in [0.717, 1.165) is 0 Å². The number of fused-ring (bicyclic) bond motifs is 1. The Kier molecular flexibility index (Phi) is 5.15. The number of rotatable bonds is 5. The molecule has 1 aromatic heterocycles. The molecule has 130 valence electrons. The maximum absolute atomic E-state index is 12.0. The lowest BCUT2D eigenvalue weighted by atomic mass is 10.2. The molecule has 7 nitrogen and oxygen atoms in total. The standard InChI is InChI=1S/C18H12ClN3O4/c19-12-3-6-14-15(7-12)21-16(22-18(14)24)9-26-17(23)10-25-13-4-1-11(8-20)2-5-13/h1-7H,9-10H2,(H,21,22,24). The number of aromatic amines is 1. The molecule has 26 heavy (non-hydrogen) atoms. The van der Waals surface area contributed by atoms with Gasteiger partial charge in [-0.3, -0.25) is 4.79 Å². The molecule has 8 heteroatoms. The zero-order chi connectivity index (χ0) is 18.5. The van der Waals surface area contributed by atoms with Gasteiger partial charge >= 0.3 is 5.97 Å². The Morgan fingerprint density at radius 2 is 2.00 bits per heavy atom. The molecule has 0 saturated heterocycles. The minimum absolute atomic E-state index is 0.201. The van der Waals surface area contributed by atoms with Crippen LogP contribution in [0.2, 0.25) is 5.02 Å². The lowest BCUT2D eigenvalue weighted by Crippen LogP contribution is -2.18. The summed E-state index contributed by atoms with van der Waals surface area (Å²) in [6.07, 6.45) is 0. The summed E-state index contributed by atoms with van der Waals surface area (Å²) in [4.78, 5) is 30.5. The van der Waals surface area contributed by atoms with Gasteiger partial charge in [0.1, 0.15) is 18.2 Å². The lowest BCUT2D eigenvalue weighted by molar-refractivity contribution is -0.147. The van der Waals surface area contributed by atoms with Gasteiger partial charge in [0.15, 0.2) is 6.61 Å². The van der Waals surface area contributed by atoms with E-state index in [1.165, 1.54) is 0 Å². The van der Waals surface area contributed by atoms with Crippen molar-refractivity contribution in [2.45, 2.75) is 6.61 Å². The van der Waals surface area contributed by atoms with E-state index in [1.54, 1.807) is 42.5 Å². The molecule has 0 amide bonds. The van der Waals surface area contributed by atoms with Crippen molar-refractivity contribution >= 4 is 28.5 Å². The Morgan fingerprint density at radius 1 is 1.23 bits per heavy atom. The number of nitrogens with one attached hydrogen (secondary N) is 1. The minimum atomic E-state index is -0.622. The molecule has 0 unspecified atom stereocenters. The van der Waals surface area contributed by atoms with Gasteiger partial charge in [-0.1, -0.05) is 11.6 Å². The highest BCUT2D eigenvalue weighted by atomic mass is 35.5. The third-order valence-corrected chi connectivity index (χ3v) is 3.66. The van der Waals surface area contributed by atoms with Crippen LogP contribution in [-0.4, -0.2) is 22.5 Å². The van der Waals surface area contributed by atoms with Gasteiger partial charge in [-0.25, -0.2) is 9.78 Å². The predicted octanol–water partition coefficient (Wildman–Crippen LogP) is 2.57. The molecule has 3 aromatic rings. The predicted molar refractivity (Wildman–Crippen MR) is 93.8 cm³/mol. The summed E-state index contributed by atoms with van der Waals surface area (Å²) in [6, 6.07) is 13.0. The average Bonchev–Trinajstić information content (AvgIpc) is 2.64. The second-order valence-corrected chi connectivity index (χ2v) is 5.70. The number of nitriles is 1. The van der Waals surface area contributed by atoms with Gasteiger partial charge in [-0.15, -0.1) is 0 Å². The SMILES string of the molecule is N#Cc1ccc(OCC(=O)OCc2nc3cc(Cl)ccc3c(=O)[nH]2)cc1. The van der Waals surface area contributed by atoms with Gasteiger partial charge in [0.2, 0.25) is 0 Å². The zero-order valence-electron chi connectivity index (χ0n) is 13.4. The fourth-order valence-corrected chi connectivity index (χ4v) is 2.35. The highest BCUT2D eigenvalue weighted by Gasteiger charge is 2.09. The van der Waals surface area contributed by atoms with Crippen molar-refractivity contribution in [3.8, 4) is 11.8 Å². The first-order chi connectivity index (χ1) is 12.5. The van der Waals surface area contributed by atoms with Crippen LogP contribution in [0.4, 0.5) is 0 Å². The van der Waals surface area contributed by atoms with Gasteiger partial charge in [0.05, 0.1) is 22.5 Å². The van der Waals surface area contributed by atoms with Crippen molar-refractivity contribution in [3.63, 3.8) is 0 Å². The number of benzene rings is 2. The second kappa shape index (κ2) is 7.68. The van der Waals surface area contributed by atoms with Crippen molar-refractivity contribution in [1.29, 1.82) is 5.26 Å². The molecule has 0 bridgehead atoms. The topological polar surface area (TPSA) is 105 Å².